The van der Waals surface area contributed by atoms with Crippen LogP contribution in [-0.4, -0.2) is 31.4 Å². The average molecular weight is 346 g/mol. The lowest BCUT2D eigenvalue weighted by molar-refractivity contribution is 0.109. The summed E-state index contributed by atoms with van der Waals surface area (Å²) in [5, 5.41) is 21.0. The highest BCUT2D eigenvalue weighted by Crippen LogP contribution is 2.29. The Morgan fingerprint density at radius 1 is 0.692 bits per heavy atom. The summed E-state index contributed by atoms with van der Waals surface area (Å²) in [6, 6.07) is 7.59. The summed E-state index contributed by atoms with van der Waals surface area (Å²) in [6.07, 6.45) is 6.76. The monoisotopic (exact) mass is 346 g/mol. The average Bonchev–Trinajstić information content (AvgIpc) is 3.27. The lowest BCUT2D eigenvalue weighted by atomic mass is 10.0. The lowest BCUT2D eigenvalue weighted by Gasteiger charge is -2.13. The molecule has 4 nitrogen and oxygen atoms in total. The van der Waals surface area contributed by atoms with Crippen LogP contribution in [0.2, 0.25) is 0 Å². The smallest absolute Gasteiger partial charge is 0.148 e. The van der Waals surface area contributed by atoms with Crippen LogP contribution in [0.15, 0.2) is 24.3 Å². The second kappa shape index (κ2) is 6.72. The van der Waals surface area contributed by atoms with Crippen LogP contribution in [0, 0.1) is 23.7 Å². The van der Waals surface area contributed by atoms with Gasteiger partial charge in [-0.3, -0.25) is 0 Å². The number of aliphatic hydroxyl groups is 2. The minimum absolute atomic E-state index is 0.470. The van der Waals surface area contributed by atoms with Gasteiger partial charge in [-0.05, 0) is 75.3 Å². The van der Waals surface area contributed by atoms with Gasteiger partial charge in [-0.2, -0.15) is 0 Å². The zero-order valence-corrected chi connectivity index (χ0v) is 14.8. The number of aromatic nitrogens is 2. The summed E-state index contributed by atoms with van der Waals surface area (Å²) in [7, 11) is 0. The third-order valence-electron chi connectivity index (χ3n) is 5.26. The summed E-state index contributed by atoms with van der Waals surface area (Å²) < 4.78 is 0. The number of hydrogen-bond donors (Lipinski definition) is 2. The van der Waals surface area contributed by atoms with Gasteiger partial charge in [-0.25, -0.2) is 9.97 Å². The van der Waals surface area contributed by atoms with E-state index in [0.29, 0.717) is 37.1 Å². The molecule has 1 aromatic carbocycles. The van der Waals surface area contributed by atoms with Crippen molar-refractivity contribution in [3.63, 3.8) is 0 Å². The van der Waals surface area contributed by atoms with Crippen LogP contribution in [0.25, 0.3) is 11.0 Å². The SMILES string of the molecule is OC1(C#Cc2nc3ccccc3nc2C#CC2(O)CCCC2)CCCC1. The van der Waals surface area contributed by atoms with Crippen molar-refractivity contribution in [2.24, 2.45) is 0 Å². The number of benzene rings is 1. The molecule has 2 aliphatic rings. The van der Waals surface area contributed by atoms with E-state index in [1.165, 1.54) is 0 Å². The third-order valence-corrected chi connectivity index (χ3v) is 5.26. The van der Waals surface area contributed by atoms with Crippen LogP contribution < -0.4 is 0 Å². The topological polar surface area (TPSA) is 66.2 Å². The van der Waals surface area contributed by atoms with Gasteiger partial charge in [-0.15, -0.1) is 0 Å². The fourth-order valence-electron chi connectivity index (χ4n) is 3.70. The van der Waals surface area contributed by atoms with Gasteiger partial charge in [0.1, 0.15) is 22.6 Å². The van der Waals surface area contributed by atoms with Crippen LogP contribution in [0.1, 0.15) is 62.8 Å². The van der Waals surface area contributed by atoms with E-state index in [2.05, 4.69) is 33.6 Å². The summed E-state index contributed by atoms with van der Waals surface area (Å²) in [5.74, 6) is 12.0. The maximum atomic E-state index is 10.5. The van der Waals surface area contributed by atoms with Gasteiger partial charge in [0.25, 0.3) is 0 Å². The van der Waals surface area contributed by atoms with Gasteiger partial charge in [0, 0.05) is 0 Å². The highest BCUT2D eigenvalue weighted by Gasteiger charge is 2.29. The van der Waals surface area contributed by atoms with Gasteiger partial charge in [0.05, 0.1) is 11.0 Å². The maximum absolute atomic E-state index is 10.5. The van der Waals surface area contributed by atoms with Crippen LogP contribution in [0.4, 0.5) is 0 Å². The van der Waals surface area contributed by atoms with E-state index in [0.717, 1.165) is 36.7 Å². The molecule has 2 fully saturated rings. The normalized spacial score (nSPS) is 20.2. The Balaban J connectivity index is 1.77. The first-order chi connectivity index (χ1) is 12.6. The Hall–Kier alpha value is -2.40. The Morgan fingerprint density at radius 2 is 1.08 bits per heavy atom. The second-order valence-electron chi connectivity index (χ2n) is 7.39. The van der Waals surface area contributed by atoms with Gasteiger partial charge >= 0.3 is 0 Å². The fourth-order valence-corrected chi connectivity index (χ4v) is 3.70. The van der Waals surface area contributed by atoms with Gasteiger partial charge in [0.2, 0.25) is 0 Å². The van der Waals surface area contributed by atoms with E-state index in [1.54, 1.807) is 0 Å². The Bertz CT molecular complexity index is 868. The highest BCUT2D eigenvalue weighted by molar-refractivity contribution is 5.75. The zero-order valence-electron chi connectivity index (χ0n) is 14.8. The number of para-hydroxylation sites is 2. The van der Waals surface area contributed by atoms with E-state index in [4.69, 9.17) is 0 Å². The molecule has 0 spiro atoms. The van der Waals surface area contributed by atoms with Crippen molar-refractivity contribution in [2.75, 3.05) is 0 Å². The molecule has 4 heteroatoms. The van der Waals surface area contributed by atoms with E-state index >= 15 is 0 Å². The molecule has 0 saturated heterocycles. The molecule has 0 radical (unpaired) electrons. The summed E-state index contributed by atoms with van der Waals surface area (Å²) in [4.78, 5) is 9.21. The summed E-state index contributed by atoms with van der Waals surface area (Å²) >= 11 is 0. The quantitative estimate of drug-likeness (QED) is 0.720. The minimum atomic E-state index is -0.929. The summed E-state index contributed by atoms with van der Waals surface area (Å²) in [6.45, 7) is 0. The van der Waals surface area contributed by atoms with E-state index in [9.17, 15) is 10.2 Å². The first-order valence-electron chi connectivity index (χ1n) is 9.33. The molecule has 1 heterocycles. The first-order valence-corrected chi connectivity index (χ1v) is 9.33. The van der Waals surface area contributed by atoms with Crippen LogP contribution in [0.5, 0.6) is 0 Å². The first kappa shape index (κ1) is 17.0. The van der Waals surface area contributed by atoms with Gasteiger partial charge in [-0.1, -0.05) is 24.0 Å². The van der Waals surface area contributed by atoms with Crippen molar-refractivity contribution in [1.29, 1.82) is 0 Å². The Labute approximate surface area is 153 Å². The molecule has 0 bridgehead atoms. The predicted octanol–water partition coefficient (Wildman–Crippen LogP) is 2.94. The maximum Gasteiger partial charge on any atom is 0.148 e. The standard InChI is InChI=1S/C22H22N2O2/c25-21(11-3-4-12-21)15-9-19-20(10-16-22(26)13-5-6-14-22)24-18-8-2-1-7-17(18)23-19/h1-2,7-8,25-26H,3-6,11-14H2. The number of hydrogen-bond acceptors (Lipinski definition) is 4. The van der Waals surface area contributed by atoms with Crippen molar-refractivity contribution < 1.29 is 10.2 Å². The molecule has 0 amide bonds. The third kappa shape index (κ3) is 3.58. The predicted molar refractivity (Wildman–Crippen MR) is 100 cm³/mol. The number of nitrogens with zero attached hydrogens (tertiary/aromatic N) is 2. The van der Waals surface area contributed by atoms with Crippen LogP contribution in [-0.2, 0) is 0 Å². The molecule has 2 saturated carbocycles. The molecular weight excluding hydrogens is 324 g/mol. The summed E-state index contributed by atoms with van der Waals surface area (Å²) in [5.41, 5.74) is 0.584. The Kier molecular flexibility index (Phi) is 4.41. The highest BCUT2D eigenvalue weighted by atomic mass is 16.3. The molecule has 2 aromatic rings. The van der Waals surface area contributed by atoms with Gasteiger partial charge in [0.15, 0.2) is 0 Å². The molecule has 0 atom stereocenters. The van der Waals surface area contributed by atoms with E-state index in [-0.39, 0.29) is 0 Å². The zero-order chi connectivity index (χ0) is 18.0. The molecule has 132 valence electrons. The van der Waals surface area contributed by atoms with Gasteiger partial charge < -0.3 is 10.2 Å². The molecule has 2 N–H and O–H groups in total. The van der Waals surface area contributed by atoms with E-state index < -0.39 is 11.2 Å². The largest absolute Gasteiger partial charge is 0.378 e. The van der Waals surface area contributed by atoms with Crippen LogP contribution in [0.3, 0.4) is 0 Å². The fraction of sp³-hybridized carbons (Fsp3) is 0.455. The lowest BCUT2D eigenvalue weighted by Crippen LogP contribution is -2.21. The van der Waals surface area contributed by atoms with Crippen molar-refractivity contribution in [3.05, 3.63) is 35.7 Å². The van der Waals surface area contributed by atoms with Crippen molar-refractivity contribution >= 4 is 11.0 Å². The molecule has 26 heavy (non-hydrogen) atoms. The Morgan fingerprint density at radius 3 is 1.46 bits per heavy atom. The second-order valence-corrected chi connectivity index (χ2v) is 7.39. The molecule has 0 unspecified atom stereocenters. The molecule has 4 rings (SSSR count). The molecular formula is C22H22N2O2. The van der Waals surface area contributed by atoms with Crippen molar-refractivity contribution in [1.82, 2.24) is 9.97 Å². The molecule has 0 aliphatic heterocycles. The number of fused-ring (bicyclic) bond motifs is 1. The molecule has 1 aromatic heterocycles. The van der Waals surface area contributed by atoms with Crippen molar-refractivity contribution in [3.8, 4) is 23.7 Å². The van der Waals surface area contributed by atoms with Crippen molar-refractivity contribution in [2.45, 2.75) is 62.6 Å². The minimum Gasteiger partial charge on any atom is -0.378 e. The van der Waals surface area contributed by atoms with Crippen LogP contribution >= 0.6 is 0 Å². The van der Waals surface area contributed by atoms with E-state index in [1.807, 2.05) is 24.3 Å². The molecule has 2 aliphatic carbocycles. The number of rotatable bonds is 0.